The molecule has 0 bridgehead atoms. The number of hydrogen-bond donors (Lipinski definition) is 3. The van der Waals surface area contributed by atoms with Crippen LogP contribution in [0.5, 0.6) is 5.75 Å². The van der Waals surface area contributed by atoms with E-state index in [9.17, 15) is 9.90 Å². The molecular weight excluding hydrogens is 349 g/mol. The maximum atomic E-state index is 11.1. The highest BCUT2D eigenvalue weighted by atomic mass is 35.5. The van der Waals surface area contributed by atoms with Crippen molar-refractivity contribution in [3.05, 3.63) is 33.1 Å². The zero-order valence-corrected chi connectivity index (χ0v) is 13.0. The van der Waals surface area contributed by atoms with E-state index in [4.69, 9.17) is 34.0 Å². The van der Waals surface area contributed by atoms with Crippen molar-refractivity contribution < 1.29 is 15.0 Å². The molecule has 0 radical (unpaired) electrons. The quantitative estimate of drug-likeness (QED) is 0.647. The summed E-state index contributed by atoms with van der Waals surface area (Å²) in [7, 11) is 0. The van der Waals surface area contributed by atoms with Gasteiger partial charge >= 0.3 is 5.97 Å². The van der Waals surface area contributed by atoms with Crippen molar-refractivity contribution in [3.8, 4) is 17.0 Å². The third-order valence-corrected chi connectivity index (χ3v) is 4.54. The molecule has 112 valence electrons. The van der Waals surface area contributed by atoms with Crippen LogP contribution >= 0.6 is 34.5 Å². The highest BCUT2D eigenvalue weighted by Crippen LogP contribution is 2.39. The van der Waals surface area contributed by atoms with Crippen LogP contribution < -0.4 is 5.73 Å². The van der Waals surface area contributed by atoms with E-state index in [1.807, 2.05) is 0 Å². The van der Waals surface area contributed by atoms with Gasteiger partial charge in [-0.3, -0.25) is 0 Å². The number of phenolic OH excluding ortho intramolecular Hbond substituents is 1. The number of aromatic hydroxyl groups is 1. The molecule has 0 spiro atoms. The number of benzene rings is 1. The molecule has 6 nitrogen and oxygen atoms in total. The number of phenols is 1. The van der Waals surface area contributed by atoms with Crippen LogP contribution in [-0.4, -0.2) is 26.2 Å². The van der Waals surface area contributed by atoms with E-state index in [0.717, 1.165) is 11.3 Å². The summed E-state index contributed by atoms with van der Waals surface area (Å²) >= 11 is 12.9. The number of nitrogens with zero attached hydrogens (tertiary/aromatic N) is 2. The van der Waals surface area contributed by atoms with Crippen LogP contribution in [-0.2, 0) is 0 Å². The first kappa shape index (κ1) is 14.8. The van der Waals surface area contributed by atoms with E-state index in [0.29, 0.717) is 21.5 Å². The molecule has 2 heterocycles. The molecule has 0 atom stereocenters. The lowest BCUT2D eigenvalue weighted by molar-refractivity contribution is 0.0702. The fourth-order valence-corrected chi connectivity index (χ4v) is 3.32. The number of nitrogens with two attached hydrogens (primary N) is 1. The summed E-state index contributed by atoms with van der Waals surface area (Å²) in [6, 6.07) is 4.17. The van der Waals surface area contributed by atoms with E-state index >= 15 is 0 Å². The predicted molar refractivity (Wildman–Crippen MR) is 85.9 cm³/mol. The average molecular weight is 356 g/mol. The first-order chi connectivity index (χ1) is 10.4. The molecule has 0 aliphatic carbocycles. The minimum atomic E-state index is -1.07. The minimum absolute atomic E-state index is 0.0215. The Kier molecular flexibility index (Phi) is 3.56. The SMILES string of the molecule is Nc1nc(-c2cc(O)c(Cl)cc2Cl)c2cc(C(=O)O)sc2n1. The van der Waals surface area contributed by atoms with Crippen LogP contribution in [0.2, 0.25) is 10.0 Å². The largest absolute Gasteiger partial charge is 0.506 e. The summed E-state index contributed by atoms with van der Waals surface area (Å²) in [5.41, 5.74) is 6.39. The smallest absolute Gasteiger partial charge is 0.345 e. The summed E-state index contributed by atoms with van der Waals surface area (Å²) in [6.07, 6.45) is 0. The Bertz CT molecular complexity index is 927. The van der Waals surface area contributed by atoms with Crippen LogP contribution in [0.25, 0.3) is 21.5 Å². The molecule has 2 aromatic heterocycles. The number of thiophene rings is 1. The van der Waals surface area contributed by atoms with Gasteiger partial charge in [-0.2, -0.15) is 0 Å². The Hall–Kier alpha value is -2.09. The Morgan fingerprint density at radius 1 is 1.18 bits per heavy atom. The summed E-state index contributed by atoms with van der Waals surface area (Å²) in [6.45, 7) is 0. The minimum Gasteiger partial charge on any atom is -0.506 e. The standard InChI is InChI=1S/C13H7Cl2N3O3S/c14-6-3-7(15)8(19)1-4(6)10-5-2-9(12(20)21)22-11(5)18-13(16)17-10/h1-3,19H,(H,20,21)(H2,16,17,18). The normalized spacial score (nSPS) is 11.0. The van der Waals surface area contributed by atoms with Gasteiger partial charge in [-0.15, -0.1) is 11.3 Å². The number of rotatable bonds is 2. The van der Waals surface area contributed by atoms with Crippen LogP contribution in [0.3, 0.4) is 0 Å². The molecule has 4 N–H and O–H groups in total. The number of carboxylic acids is 1. The molecule has 0 unspecified atom stereocenters. The number of fused-ring (bicyclic) bond motifs is 1. The molecule has 0 saturated heterocycles. The zero-order chi connectivity index (χ0) is 16.0. The molecule has 9 heteroatoms. The van der Waals surface area contributed by atoms with Gasteiger partial charge in [0, 0.05) is 10.9 Å². The maximum absolute atomic E-state index is 11.1. The molecule has 0 fully saturated rings. The second-order valence-corrected chi connectivity index (χ2v) is 6.19. The molecule has 3 rings (SSSR count). The number of hydrogen-bond acceptors (Lipinski definition) is 6. The summed E-state index contributed by atoms with van der Waals surface area (Å²) in [5.74, 6) is -1.26. The number of anilines is 1. The third-order valence-electron chi connectivity index (χ3n) is 2.91. The second-order valence-electron chi connectivity index (χ2n) is 4.35. The van der Waals surface area contributed by atoms with Gasteiger partial charge in [-0.05, 0) is 18.2 Å². The first-order valence-electron chi connectivity index (χ1n) is 5.85. The van der Waals surface area contributed by atoms with Gasteiger partial charge in [-0.25, -0.2) is 14.8 Å². The van der Waals surface area contributed by atoms with Crippen LogP contribution in [0.15, 0.2) is 18.2 Å². The van der Waals surface area contributed by atoms with Crippen molar-refractivity contribution >= 4 is 56.7 Å². The van der Waals surface area contributed by atoms with Gasteiger partial charge in [-0.1, -0.05) is 23.2 Å². The Morgan fingerprint density at radius 2 is 1.91 bits per heavy atom. The van der Waals surface area contributed by atoms with E-state index in [-0.39, 0.29) is 26.6 Å². The van der Waals surface area contributed by atoms with Crippen molar-refractivity contribution in [2.75, 3.05) is 5.73 Å². The van der Waals surface area contributed by atoms with Gasteiger partial charge in [0.25, 0.3) is 0 Å². The maximum Gasteiger partial charge on any atom is 0.345 e. The molecule has 0 amide bonds. The lowest BCUT2D eigenvalue weighted by atomic mass is 10.1. The summed E-state index contributed by atoms with van der Waals surface area (Å²) < 4.78 is 0. The lowest BCUT2D eigenvalue weighted by Crippen LogP contribution is -1.97. The van der Waals surface area contributed by atoms with E-state index in [1.165, 1.54) is 18.2 Å². The van der Waals surface area contributed by atoms with E-state index in [2.05, 4.69) is 9.97 Å². The number of carboxylic acid groups (broad SMARTS) is 1. The van der Waals surface area contributed by atoms with E-state index < -0.39 is 5.97 Å². The van der Waals surface area contributed by atoms with Gasteiger partial charge in [0.05, 0.1) is 15.7 Å². The Labute approximate surface area is 137 Å². The molecule has 0 aliphatic rings. The van der Waals surface area contributed by atoms with Crippen LogP contribution in [0.4, 0.5) is 5.95 Å². The first-order valence-corrected chi connectivity index (χ1v) is 7.43. The molecule has 3 aromatic rings. The van der Waals surface area contributed by atoms with Gasteiger partial charge < -0.3 is 15.9 Å². The van der Waals surface area contributed by atoms with Crippen molar-refractivity contribution in [1.29, 1.82) is 0 Å². The summed E-state index contributed by atoms with van der Waals surface area (Å²) in [5, 5.41) is 19.7. The third kappa shape index (κ3) is 2.43. The topological polar surface area (TPSA) is 109 Å². The number of aromatic nitrogens is 2. The molecule has 1 aromatic carbocycles. The molecule has 0 aliphatic heterocycles. The fourth-order valence-electron chi connectivity index (χ4n) is 1.97. The lowest BCUT2D eigenvalue weighted by Gasteiger charge is -2.08. The van der Waals surface area contributed by atoms with Crippen LogP contribution in [0, 0.1) is 0 Å². The van der Waals surface area contributed by atoms with Gasteiger partial charge in [0.1, 0.15) is 15.5 Å². The number of nitrogen functional groups attached to an aromatic ring is 1. The number of aromatic carboxylic acids is 1. The van der Waals surface area contributed by atoms with Crippen molar-refractivity contribution in [2.24, 2.45) is 0 Å². The zero-order valence-electron chi connectivity index (χ0n) is 10.7. The van der Waals surface area contributed by atoms with Crippen LogP contribution in [0.1, 0.15) is 9.67 Å². The molecular formula is C13H7Cl2N3O3S. The number of carbonyl (C=O) groups is 1. The molecule has 0 saturated carbocycles. The Balaban J connectivity index is 2.35. The summed E-state index contributed by atoms with van der Waals surface area (Å²) in [4.78, 5) is 19.8. The van der Waals surface area contributed by atoms with Crippen molar-refractivity contribution in [2.45, 2.75) is 0 Å². The average Bonchev–Trinajstić information content (AvgIpc) is 2.86. The number of halogens is 2. The van der Waals surface area contributed by atoms with Gasteiger partial charge in [0.15, 0.2) is 0 Å². The van der Waals surface area contributed by atoms with E-state index in [1.54, 1.807) is 0 Å². The van der Waals surface area contributed by atoms with Crippen molar-refractivity contribution in [3.63, 3.8) is 0 Å². The molecule has 22 heavy (non-hydrogen) atoms. The highest BCUT2D eigenvalue weighted by molar-refractivity contribution is 7.20. The second kappa shape index (κ2) is 5.28. The Morgan fingerprint density at radius 3 is 2.59 bits per heavy atom. The highest BCUT2D eigenvalue weighted by Gasteiger charge is 2.18. The van der Waals surface area contributed by atoms with Gasteiger partial charge in [0.2, 0.25) is 5.95 Å². The predicted octanol–water partition coefficient (Wildman–Crippen LogP) is 3.65. The fraction of sp³-hybridized carbons (Fsp3) is 0. The van der Waals surface area contributed by atoms with Crippen molar-refractivity contribution in [1.82, 2.24) is 9.97 Å². The monoisotopic (exact) mass is 355 g/mol.